The molecule has 0 aromatic heterocycles. The van der Waals surface area contributed by atoms with E-state index in [4.69, 9.17) is 4.74 Å². The van der Waals surface area contributed by atoms with Gasteiger partial charge < -0.3 is 14.7 Å². The number of benzene rings is 2. The molecule has 1 unspecified atom stereocenters. The number of piperidine rings is 1. The summed E-state index contributed by atoms with van der Waals surface area (Å²) in [7, 11) is 0. The van der Waals surface area contributed by atoms with Crippen LogP contribution in [0.5, 0.6) is 11.5 Å². The number of aldehydes is 1. The highest BCUT2D eigenvalue weighted by molar-refractivity contribution is 5.85. The molecule has 2 fully saturated rings. The van der Waals surface area contributed by atoms with Crippen molar-refractivity contribution in [1.29, 1.82) is 0 Å². The monoisotopic (exact) mass is 393 g/mol. The predicted molar refractivity (Wildman–Crippen MR) is 116 cm³/mol. The summed E-state index contributed by atoms with van der Waals surface area (Å²) in [5, 5.41) is 9.78. The second-order valence-electron chi connectivity index (χ2n) is 8.53. The lowest BCUT2D eigenvalue weighted by Gasteiger charge is -2.34. The van der Waals surface area contributed by atoms with E-state index in [0.717, 1.165) is 56.2 Å². The highest BCUT2D eigenvalue weighted by atomic mass is 16.5. The van der Waals surface area contributed by atoms with Gasteiger partial charge in [-0.05, 0) is 79.7 Å². The van der Waals surface area contributed by atoms with Gasteiger partial charge >= 0.3 is 0 Å². The van der Waals surface area contributed by atoms with Crippen LogP contribution in [0.15, 0.2) is 42.5 Å². The van der Waals surface area contributed by atoms with Gasteiger partial charge in [-0.2, -0.15) is 0 Å². The Kier molecular flexibility index (Phi) is 6.08. The summed E-state index contributed by atoms with van der Waals surface area (Å²) in [4.78, 5) is 13.5. The molecule has 0 spiro atoms. The Balaban J connectivity index is 1.32. The maximum atomic E-state index is 11.3. The first kappa shape index (κ1) is 19.8. The van der Waals surface area contributed by atoms with Crippen LogP contribution in [0.1, 0.15) is 60.9 Å². The molecule has 4 heteroatoms. The average molecular weight is 394 g/mol. The maximum absolute atomic E-state index is 11.3. The van der Waals surface area contributed by atoms with E-state index in [1.807, 2.05) is 0 Å². The molecule has 29 heavy (non-hydrogen) atoms. The van der Waals surface area contributed by atoms with Crippen LogP contribution >= 0.6 is 0 Å². The molecule has 1 N–H and O–H groups in total. The normalized spacial score (nSPS) is 18.4. The summed E-state index contributed by atoms with van der Waals surface area (Å²) in [6.45, 7) is 4.76. The van der Waals surface area contributed by atoms with Crippen LogP contribution in [0.2, 0.25) is 0 Å². The van der Waals surface area contributed by atoms with E-state index in [0.29, 0.717) is 17.4 Å². The number of ether oxygens (including phenoxy) is 1. The minimum Gasteiger partial charge on any atom is -0.508 e. The molecule has 1 aliphatic heterocycles. The lowest BCUT2D eigenvalue weighted by Crippen LogP contribution is -2.36. The zero-order chi connectivity index (χ0) is 20.2. The number of aromatic hydroxyl groups is 1. The van der Waals surface area contributed by atoms with Crippen molar-refractivity contribution < 1.29 is 14.6 Å². The summed E-state index contributed by atoms with van der Waals surface area (Å²) in [6.07, 6.45) is 6.84. The molecule has 2 aliphatic rings. The van der Waals surface area contributed by atoms with Crippen LogP contribution < -0.4 is 9.64 Å². The molecule has 1 atom stereocenters. The molecule has 0 amide bonds. The lowest BCUT2D eigenvalue weighted by atomic mass is 9.92. The van der Waals surface area contributed by atoms with Crippen LogP contribution in [0.25, 0.3) is 0 Å². The third-order valence-electron chi connectivity index (χ3n) is 6.50. The second-order valence-corrected chi connectivity index (χ2v) is 8.53. The zero-order valence-electron chi connectivity index (χ0n) is 17.2. The van der Waals surface area contributed by atoms with Crippen molar-refractivity contribution in [1.82, 2.24) is 0 Å². The Morgan fingerprint density at radius 2 is 1.93 bits per heavy atom. The van der Waals surface area contributed by atoms with Gasteiger partial charge in [0.15, 0.2) is 6.29 Å². The molecule has 1 saturated carbocycles. The van der Waals surface area contributed by atoms with Crippen LogP contribution in [-0.4, -0.2) is 31.1 Å². The Labute approximate surface area is 173 Å². The van der Waals surface area contributed by atoms with E-state index < -0.39 is 0 Å². The van der Waals surface area contributed by atoms with Gasteiger partial charge in [0.25, 0.3) is 0 Å². The summed E-state index contributed by atoms with van der Waals surface area (Å²) in [6, 6.07) is 13.6. The highest BCUT2D eigenvalue weighted by Gasteiger charge is 2.31. The molecular weight excluding hydrogens is 362 g/mol. The fourth-order valence-corrected chi connectivity index (χ4v) is 4.63. The number of anilines is 1. The molecule has 4 rings (SSSR count). The number of hydrogen-bond acceptors (Lipinski definition) is 4. The van der Waals surface area contributed by atoms with Gasteiger partial charge in [-0.3, -0.25) is 4.79 Å². The first-order valence-electron chi connectivity index (χ1n) is 10.9. The number of phenolic OH excluding ortho intramolecular Hbond substituents is 1. The molecule has 154 valence electrons. The quantitative estimate of drug-likeness (QED) is 0.610. The van der Waals surface area contributed by atoms with Gasteiger partial charge in [0, 0.05) is 24.7 Å². The standard InChI is InChI=1S/C25H31NO3/c1-2-24(19-6-7-19)20-4-3-5-23(14-20)29-17-18-10-12-26(13-11-18)25-15-22(28)9-8-21(25)16-27/h3-5,8-9,14-16,18-19,24,28H,2,6-7,10-13,17H2,1H3. The number of rotatable bonds is 8. The molecule has 1 saturated heterocycles. The van der Waals surface area contributed by atoms with E-state index in [-0.39, 0.29) is 5.75 Å². The van der Waals surface area contributed by atoms with Gasteiger partial charge in [0.2, 0.25) is 0 Å². The van der Waals surface area contributed by atoms with Crippen molar-refractivity contribution in [3.63, 3.8) is 0 Å². The Hall–Kier alpha value is -2.49. The summed E-state index contributed by atoms with van der Waals surface area (Å²) < 4.78 is 6.17. The van der Waals surface area contributed by atoms with E-state index in [9.17, 15) is 9.90 Å². The maximum Gasteiger partial charge on any atom is 0.152 e. The summed E-state index contributed by atoms with van der Waals surface area (Å²) >= 11 is 0. The molecule has 2 aromatic rings. The lowest BCUT2D eigenvalue weighted by molar-refractivity contribution is 0.112. The fourth-order valence-electron chi connectivity index (χ4n) is 4.63. The van der Waals surface area contributed by atoms with Gasteiger partial charge in [-0.1, -0.05) is 19.1 Å². The van der Waals surface area contributed by atoms with Crippen molar-refractivity contribution in [2.75, 3.05) is 24.6 Å². The van der Waals surface area contributed by atoms with E-state index in [1.54, 1.807) is 18.2 Å². The number of nitrogens with zero attached hydrogens (tertiary/aromatic N) is 1. The van der Waals surface area contributed by atoms with Gasteiger partial charge in [0.1, 0.15) is 11.5 Å². The molecule has 1 aliphatic carbocycles. The van der Waals surface area contributed by atoms with E-state index >= 15 is 0 Å². The summed E-state index contributed by atoms with van der Waals surface area (Å²) in [5.74, 6) is 3.24. The minimum absolute atomic E-state index is 0.201. The van der Waals surface area contributed by atoms with Crippen molar-refractivity contribution >= 4 is 12.0 Å². The van der Waals surface area contributed by atoms with E-state index in [2.05, 4.69) is 36.1 Å². The van der Waals surface area contributed by atoms with Crippen LogP contribution in [0.3, 0.4) is 0 Å². The zero-order valence-corrected chi connectivity index (χ0v) is 17.2. The first-order chi connectivity index (χ1) is 14.2. The minimum atomic E-state index is 0.201. The molecule has 2 aromatic carbocycles. The fraction of sp³-hybridized carbons (Fsp3) is 0.480. The van der Waals surface area contributed by atoms with Gasteiger partial charge in [-0.25, -0.2) is 0 Å². The Morgan fingerprint density at radius 3 is 2.62 bits per heavy atom. The topological polar surface area (TPSA) is 49.8 Å². The van der Waals surface area contributed by atoms with Crippen LogP contribution in [0.4, 0.5) is 5.69 Å². The predicted octanol–water partition coefficient (Wildman–Crippen LogP) is 5.40. The number of hydrogen-bond donors (Lipinski definition) is 1. The number of carbonyl (C=O) groups excluding carboxylic acids is 1. The molecule has 4 nitrogen and oxygen atoms in total. The van der Waals surface area contributed by atoms with Crippen molar-refractivity contribution in [2.24, 2.45) is 11.8 Å². The molecule has 1 heterocycles. The smallest absolute Gasteiger partial charge is 0.152 e. The molecule has 0 radical (unpaired) electrons. The SMILES string of the molecule is CCC(c1cccc(OCC2CCN(c3cc(O)ccc3C=O)CC2)c1)C1CC1. The Morgan fingerprint density at radius 1 is 1.14 bits per heavy atom. The molecule has 0 bridgehead atoms. The highest BCUT2D eigenvalue weighted by Crippen LogP contribution is 2.44. The van der Waals surface area contributed by atoms with Crippen LogP contribution in [0, 0.1) is 11.8 Å². The third-order valence-corrected chi connectivity index (χ3v) is 6.50. The summed E-state index contributed by atoms with van der Waals surface area (Å²) in [5.41, 5.74) is 2.89. The third kappa shape index (κ3) is 4.75. The van der Waals surface area contributed by atoms with Gasteiger partial charge in [0.05, 0.1) is 12.3 Å². The largest absolute Gasteiger partial charge is 0.508 e. The van der Waals surface area contributed by atoms with E-state index in [1.165, 1.54) is 24.8 Å². The number of phenols is 1. The second kappa shape index (κ2) is 8.89. The average Bonchev–Trinajstić information content (AvgIpc) is 3.59. The van der Waals surface area contributed by atoms with Gasteiger partial charge in [-0.15, -0.1) is 0 Å². The van der Waals surface area contributed by atoms with Crippen LogP contribution in [-0.2, 0) is 0 Å². The van der Waals surface area contributed by atoms with Crippen molar-refractivity contribution in [2.45, 2.75) is 44.9 Å². The first-order valence-corrected chi connectivity index (χ1v) is 10.9. The van der Waals surface area contributed by atoms with Crippen molar-refractivity contribution in [3.8, 4) is 11.5 Å². The molecular formula is C25H31NO3. The number of carbonyl (C=O) groups is 1. The Bertz CT molecular complexity index is 838. The van der Waals surface area contributed by atoms with Crippen molar-refractivity contribution in [3.05, 3.63) is 53.6 Å².